The fourth-order valence-corrected chi connectivity index (χ4v) is 5.46. The van der Waals surface area contributed by atoms with Crippen molar-refractivity contribution in [3.8, 4) is 0 Å². The summed E-state index contributed by atoms with van der Waals surface area (Å²) in [6.07, 6.45) is 12.9. The van der Waals surface area contributed by atoms with Gasteiger partial charge in [-0.05, 0) is 78.1 Å². The number of piperazine rings is 1. The molecular weight excluding hydrogens is 496 g/mol. The van der Waals surface area contributed by atoms with Crippen LogP contribution in [0.25, 0.3) is 5.57 Å². The second-order valence-corrected chi connectivity index (χ2v) is 11.4. The molecule has 4 rings (SSSR count). The van der Waals surface area contributed by atoms with E-state index in [2.05, 4.69) is 116 Å². The number of hydrogen-bond acceptors (Lipinski definition) is 5. The minimum Gasteiger partial charge on any atom is -0.469 e. The highest BCUT2D eigenvalue weighted by atomic mass is 16.5. The summed E-state index contributed by atoms with van der Waals surface area (Å²) in [6.45, 7) is 5.35. The van der Waals surface area contributed by atoms with Crippen LogP contribution < -0.4 is 14.7 Å². The number of nitrogens with one attached hydrogen (secondary N) is 1. The number of hydrogen-bond donors (Lipinski definition) is 1. The SMILES string of the molecule is COC(=O)CCCCCN1CCN(c2ccc(C(=C3C=CC([NH+](C)C)C=C3)c3ccc(N(C)C)cc3)cc2)CC1. The Balaban J connectivity index is 1.42. The van der Waals surface area contributed by atoms with Crippen LogP contribution in [0.1, 0.15) is 36.8 Å². The standard InChI is InChI=1S/C34H46N4O2/c1-35(2)30-16-10-27(11-17-30)34(28-12-18-31(19-13-28)36(3)4)29-14-20-32(21-15-29)38-25-23-37(24-26-38)22-8-6-7-9-33(39)40-5/h10-21,30H,6-9,22-26H2,1-5H3/p+1. The van der Waals surface area contributed by atoms with Crippen molar-refractivity contribution in [3.05, 3.63) is 89.5 Å². The fourth-order valence-electron chi connectivity index (χ4n) is 5.46. The molecule has 6 heteroatoms. The summed E-state index contributed by atoms with van der Waals surface area (Å²) in [5, 5.41) is 0. The molecule has 1 aliphatic heterocycles. The number of carbonyl (C=O) groups is 1. The summed E-state index contributed by atoms with van der Waals surface area (Å²) >= 11 is 0. The molecule has 0 bridgehead atoms. The molecule has 0 atom stereocenters. The second-order valence-electron chi connectivity index (χ2n) is 11.4. The van der Waals surface area contributed by atoms with Gasteiger partial charge in [0.25, 0.3) is 0 Å². The topological polar surface area (TPSA) is 40.5 Å². The minimum atomic E-state index is -0.101. The van der Waals surface area contributed by atoms with E-state index >= 15 is 0 Å². The number of rotatable bonds is 11. The molecule has 1 fully saturated rings. The molecular formula is C34H47N4O2+. The molecule has 0 aromatic heterocycles. The molecule has 0 spiro atoms. The maximum absolute atomic E-state index is 11.3. The third-order valence-corrected chi connectivity index (χ3v) is 8.07. The summed E-state index contributed by atoms with van der Waals surface area (Å²) in [6, 6.07) is 18.4. The van der Waals surface area contributed by atoms with Crippen LogP contribution in [0.15, 0.2) is 78.4 Å². The molecule has 2 aromatic carbocycles. The highest BCUT2D eigenvalue weighted by molar-refractivity contribution is 5.86. The van der Waals surface area contributed by atoms with E-state index in [9.17, 15) is 4.79 Å². The lowest BCUT2D eigenvalue weighted by Gasteiger charge is -2.36. The van der Waals surface area contributed by atoms with Gasteiger partial charge < -0.3 is 19.4 Å². The third-order valence-electron chi connectivity index (χ3n) is 8.07. The Kier molecular flexibility index (Phi) is 10.6. The van der Waals surface area contributed by atoms with Gasteiger partial charge in [-0.1, -0.05) is 42.8 Å². The van der Waals surface area contributed by atoms with Gasteiger partial charge in [-0.15, -0.1) is 0 Å². The number of methoxy groups -OCH3 is 1. The van der Waals surface area contributed by atoms with E-state index in [1.807, 2.05) is 0 Å². The zero-order valence-electron chi connectivity index (χ0n) is 25.0. The first-order valence-electron chi connectivity index (χ1n) is 14.7. The van der Waals surface area contributed by atoms with Gasteiger partial charge >= 0.3 is 5.97 Å². The van der Waals surface area contributed by atoms with Crippen LogP contribution in [0.5, 0.6) is 0 Å². The molecule has 214 valence electrons. The predicted molar refractivity (Wildman–Crippen MR) is 167 cm³/mol. The Morgan fingerprint density at radius 2 is 1.48 bits per heavy atom. The summed E-state index contributed by atoms with van der Waals surface area (Å²) in [7, 11) is 10.0. The summed E-state index contributed by atoms with van der Waals surface area (Å²) < 4.78 is 4.73. The number of quaternary nitrogens is 1. The lowest BCUT2D eigenvalue weighted by molar-refractivity contribution is -0.871. The molecule has 1 saturated heterocycles. The Labute approximate surface area is 241 Å². The first kappa shape index (κ1) is 29.6. The van der Waals surface area contributed by atoms with Gasteiger partial charge in [-0.2, -0.15) is 0 Å². The maximum Gasteiger partial charge on any atom is 0.305 e. The number of unbranched alkanes of at least 4 members (excludes halogenated alkanes) is 2. The minimum absolute atomic E-state index is 0.101. The van der Waals surface area contributed by atoms with Crippen LogP contribution in [-0.4, -0.2) is 84.9 Å². The van der Waals surface area contributed by atoms with E-state index < -0.39 is 0 Å². The lowest BCUT2D eigenvalue weighted by Crippen LogP contribution is -3.09. The maximum atomic E-state index is 11.3. The number of ether oxygens (including phenoxy) is 1. The van der Waals surface area contributed by atoms with Gasteiger partial charge in [-0.3, -0.25) is 9.69 Å². The van der Waals surface area contributed by atoms with Crippen molar-refractivity contribution < 1.29 is 14.4 Å². The van der Waals surface area contributed by atoms with Crippen LogP contribution in [0.2, 0.25) is 0 Å². The van der Waals surface area contributed by atoms with Crippen molar-refractivity contribution in [1.82, 2.24) is 4.90 Å². The largest absolute Gasteiger partial charge is 0.469 e. The zero-order chi connectivity index (χ0) is 28.5. The van der Waals surface area contributed by atoms with Crippen LogP contribution >= 0.6 is 0 Å². The summed E-state index contributed by atoms with van der Waals surface area (Å²) in [5.41, 5.74) is 7.50. The zero-order valence-corrected chi connectivity index (χ0v) is 25.0. The molecule has 0 unspecified atom stereocenters. The highest BCUT2D eigenvalue weighted by Crippen LogP contribution is 2.32. The Morgan fingerprint density at radius 3 is 2.02 bits per heavy atom. The number of anilines is 2. The summed E-state index contributed by atoms with van der Waals surface area (Å²) in [5.74, 6) is -0.101. The van der Waals surface area contributed by atoms with Gasteiger partial charge in [0, 0.05) is 58.1 Å². The first-order chi connectivity index (χ1) is 19.4. The normalized spacial score (nSPS) is 17.4. The second kappa shape index (κ2) is 14.3. The molecule has 2 aromatic rings. The van der Waals surface area contributed by atoms with E-state index in [1.54, 1.807) is 0 Å². The van der Waals surface area contributed by atoms with E-state index in [0.717, 1.165) is 52.0 Å². The molecule has 1 heterocycles. The van der Waals surface area contributed by atoms with E-state index in [-0.39, 0.29) is 5.97 Å². The molecule has 1 aliphatic carbocycles. The number of carbonyl (C=O) groups excluding carboxylic acids is 1. The quantitative estimate of drug-likeness (QED) is 0.342. The molecule has 40 heavy (non-hydrogen) atoms. The number of nitrogens with zero attached hydrogens (tertiary/aromatic N) is 3. The van der Waals surface area contributed by atoms with Crippen molar-refractivity contribution in [3.63, 3.8) is 0 Å². The van der Waals surface area contributed by atoms with Gasteiger partial charge in [0.05, 0.1) is 21.2 Å². The number of allylic oxidation sites excluding steroid dienone is 3. The van der Waals surface area contributed by atoms with Crippen LogP contribution in [0.3, 0.4) is 0 Å². The van der Waals surface area contributed by atoms with Crippen molar-refractivity contribution in [2.75, 3.05) is 77.8 Å². The highest BCUT2D eigenvalue weighted by Gasteiger charge is 2.19. The molecule has 1 N–H and O–H groups in total. The van der Waals surface area contributed by atoms with Crippen LogP contribution in [-0.2, 0) is 9.53 Å². The molecule has 0 radical (unpaired) electrons. The van der Waals surface area contributed by atoms with Gasteiger partial charge in [0.2, 0.25) is 0 Å². The number of likely N-dealkylation sites (N-methyl/N-ethyl adjacent to an activating group) is 1. The third kappa shape index (κ3) is 7.86. The Bertz CT molecular complexity index is 1170. The number of benzene rings is 2. The van der Waals surface area contributed by atoms with Crippen LogP contribution in [0, 0.1) is 0 Å². The smallest absolute Gasteiger partial charge is 0.305 e. The first-order valence-corrected chi connectivity index (χ1v) is 14.7. The van der Waals surface area contributed by atoms with Gasteiger partial charge in [0.1, 0.15) is 6.04 Å². The van der Waals surface area contributed by atoms with Crippen LogP contribution in [0.4, 0.5) is 11.4 Å². The lowest BCUT2D eigenvalue weighted by atomic mass is 9.90. The molecule has 6 nitrogen and oxygen atoms in total. The van der Waals surface area contributed by atoms with Crippen molar-refractivity contribution >= 4 is 22.9 Å². The van der Waals surface area contributed by atoms with Crippen molar-refractivity contribution in [2.45, 2.75) is 31.7 Å². The summed E-state index contributed by atoms with van der Waals surface area (Å²) in [4.78, 5) is 19.9. The van der Waals surface area contributed by atoms with Gasteiger partial charge in [-0.25, -0.2) is 0 Å². The van der Waals surface area contributed by atoms with E-state index in [1.165, 1.54) is 45.7 Å². The van der Waals surface area contributed by atoms with E-state index in [4.69, 9.17) is 4.74 Å². The van der Waals surface area contributed by atoms with Crippen molar-refractivity contribution in [1.29, 1.82) is 0 Å². The molecule has 0 saturated carbocycles. The average molecular weight is 544 g/mol. The monoisotopic (exact) mass is 543 g/mol. The Hall–Kier alpha value is -3.35. The predicted octanol–water partition coefficient (Wildman–Crippen LogP) is 4.05. The number of esters is 1. The Morgan fingerprint density at radius 1 is 0.875 bits per heavy atom. The van der Waals surface area contributed by atoms with Crippen molar-refractivity contribution in [2.24, 2.45) is 0 Å². The average Bonchev–Trinajstić information content (AvgIpc) is 2.98. The molecule has 0 amide bonds. The fraction of sp³-hybridized carbons (Fsp3) is 0.441. The van der Waals surface area contributed by atoms with E-state index in [0.29, 0.717) is 12.5 Å². The van der Waals surface area contributed by atoms with Gasteiger partial charge in [0.15, 0.2) is 0 Å². The molecule has 2 aliphatic rings.